The van der Waals surface area contributed by atoms with Crippen LogP contribution in [0.2, 0.25) is 0 Å². The van der Waals surface area contributed by atoms with Crippen LogP contribution in [0.25, 0.3) is 0 Å². The van der Waals surface area contributed by atoms with Crippen molar-refractivity contribution in [2.45, 2.75) is 13.0 Å². The van der Waals surface area contributed by atoms with Gasteiger partial charge in [0.15, 0.2) is 11.6 Å². The van der Waals surface area contributed by atoms with E-state index in [-0.39, 0.29) is 0 Å². The fourth-order valence-corrected chi connectivity index (χ4v) is 1.05. The molecule has 0 atom stereocenters. The largest absolute Gasteiger partial charge is 0.351 e. The molecular formula is C10H7F3N2O. The third-order valence-corrected chi connectivity index (χ3v) is 1.84. The predicted octanol–water partition coefficient (Wildman–Crippen LogP) is 1.63. The first-order valence-corrected chi connectivity index (χ1v) is 4.32. The van der Waals surface area contributed by atoms with Gasteiger partial charge in [-0.25, -0.2) is 13.2 Å². The van der Waals surface area contributed by atoms with Crippen LogP contribution in [0.15, 0.2) is 12.1 Å². The summed E-state index contributed by atoms with van der Waals surface area (Å²) >= 11 is 0. The summed E-state index contributed by atoms with van der Waals surface area (Å²) in [6.07, 6.45) is -0.418. The molecule has 0 radical (unpaired) electrons. The quantitative estimate of drug-likeness (QED) is 0.799. The van der Waals surface area contributed by atoms with Gasteiger partial charge in [0.25, 0.3) is 0 Å². The Hall–Kier alpha value is -2.03. The molecule has 1 amide bonds. The van der Waals surface area contributed by atoms with Crippen molar-refractivity contribution in [3.8, 4) is 6.07 Å². The average Bonchev–Trinajstić information content (AvgIpc) is 2.24. The molecule has 0 saturated heterocycles. The van der Waals surface area contributed by atoms with Crippen molar-refractivity contribution >= 4 is 5.91 Å². The second-order valence-electron chi connectivity index (χ2n) is 2.93. The zero-order valence-corrected chi connectivity index (χ0v) is 8.06. The summed E-state index contributed by atoms with van der Waals surface area (Å²) in [5.41, 5.74) is -0.564. The first-order valence-electron chi connectivity index (χ1n) is 4.32. The van der Waals surface area contributed by atoms with Crippen LogP contribution in [-0.2, 0) is 11.3 Å². The van der Waals surface area contributed by atoms with Crippen molar-refractivity contribution in [1.29, 1.82) is 5.26 Å². The molecule has 0 bridgehead atoms. The van der Waals surface area contributed by atoms with Gasteiger partial charge in [-0.05, 0) is 12.1 Å². The van der Waals surface area contributed by atoms with E-state index in [0.29, 0.717) is 6.07 Å². The maximum atomic E-state index is 13.1. The second kappa shape index (κ2) is 5.16. The first kappa shape index (κ1) is 12.0. The summed E-state index contributed by atoms with van der Waals surface area (Å²) in [4.78, 5) is 10.9. The van der Waals surface area contributed by atoms with E-state index in [1.54, 1.807) is 6.07 Å². The molecule has 0 saturated carbocycles. The number of rotatable bonds is 3. The number of carbonyl (C=O) groups excluding carboxylic acids is 1. The number of nitriles is 1. The highest BCUT2D eigenvalue weighted by atomic mass is 19.2. The smallest absolute Gasteiger partial charge is 0.234 e. The van der Waals surface area contributed by atoms with Crippen LogP contribution in [0.5, 0.6) is 0 Å². The molecule has 0 aliphatic rings. The van der Waals surface area contributed by atoms with Crippen molar-refractivity contribution in [2.75, 3.05) is 0 Å². The summed E-state index contributed by atoms with van der Waals surface area (Å²) in [7, 11) is 0. The van der Waals surface area contributed by atoms with Gasteiger partial charge in [-0.15, -0.1) is 0 Å². The lowest BCUT2D eigenvalue weighted by atomic mass is 10.2. The van der Waals surface area contributed by atoms with Gasteiger partial charge in [-0.2, -0.15) is 5.26 Å². The van der Waals surface area contributed by atoms with Gasteiger partial charge in [-0.1, -0.05) is 0 Å². The van der Waals surface area contributed by atoms with E-state index in [1.165, 1.54) is 0 Å². The van der Waals surface area contributed by atoms with Crippen molar-refractivity contribution in [1.82, 2.24) is 5.32 Å². The number of nitrogens with one attached hydrogen (secondary N) is 1. The Morgan fingerprint density at radius 1 is 1.31 bits per heavy atom. The third kappa shape index (κ3) is 2.73. The Balaban J connectivity index is 2.78. The van der Waals surface area contributed by atoms with Gasteiger partial charge in [0.1, 0.15) is 12.2 Å². The Kier molecular flexibility index (Phi) is 3.89. The van der Waals surface area contributed by atoms with Crippen LogP contribution in [-0.4, -0.2) is 5.91 Å². The first-order chi connectivity index (χ1) is 7.56. The maximum absolute atomic E-state index is 13.1. The Labute approximate surface area is 89.5 Å². The fourth-order valence-electron chi connectivity index (χ4n) is 1.05. The molecular weight excluding hydrogens is 221 g/mol. The van der Waals surface area contributed by atoms with Crippen LogP contribution in [0.4, 0.5) is 13.2 Å². The molecule has 1 rings (SSSR count). The minimum Gasteiger partial charge on any atom is -0.351 e. The van der Waals surface area contributed by atoms with E-state index in [1.807, 2.05) is 0 Å². The number of benzene rings is 1. The molecule has 0 aromatic heterocycles. The lowest BCUT2D eigenvalue weighted by molar-refractivity contribution is -0.120. The summed E-state index contributed by atoms with van der Waals surface area (Å²) in [5.74, 6) is -4.15. The Morgan fingerprint density at radius 2 is 1.94 bits per heavy atom. The molecule has 3 nitrogen and oxygen atoms in total. The summed E-state index contributed by atoms with van der Waals surface area (Å²) < 4.78 is 38.8. The highest BCUT2D eigenvalue weighted by molar-refractivity contribution is 5.77. The van der Waals surface area contributed by atoms with Crippen molar-refractivity contribution in [2.24, 2.45) is 0 Å². The van der Waals surface area contributed by atoms with Crippen LogP contribution >= 0.6 is 0 Å². The van der Waals surface area contributed by atoms with Crippen molar-refractivity contribution in [3.63, 3.8) is 0 Å². The summed E-state index contributed by atoms with van der Waals surface area (Å²) in [6.45, 7) is -0.490. The van der Waals surface area contributed by atoms with Gasteiger partial charge in [0.05, 0.1) is 6.07 Å². The van der Waals surface area contributed by atoms with E-state index in [9.17, 15) is 18.0 Å². The van der Waals surface area contributed by atoms with Gasteiger partial charge >= 0.3 is 0 Å². The normalized spacial score (nSPS) is 9.62. The molecule has 1 N–H and O–H groups in total. The molecule has 0 aliphatic heterocycles. The zero-order valence-electron chi connectivity index (χ0n) is 8.06. The van der Waals surface area contributed by atoms with Crippen LogP contribution in [0, 0.1) is 28.8 Å². The maximum Gasteiger partial charge on any atom is 0.234 e. The van der Waals surface area contributed by atoms with Gasteiger partial charge in [0.2, 0.25) is 5.91 Å². The molecule has 0 aliphatic carbocycles. The second-order valence-corrected chi connectivity index (χ2v) is 2.93. The average molecular weight is 228 g/mol. The monoisotopic (exact) mass is 228 g/mol. The number of halogens is 3. The highest BCUT2D eigenvalue weighted by Gasteiger charge is 2.14. The Bertz CT molecular complexity index is 454. The lowest BCUT2D eigenvalue weighted by Crippen LogP contribution is -2.23. The molecule has 16 heavy (non-hydrogen) atoms. The highest BCUT2D eigenvalue weighted by Crippen LogP contribution is 2.15. The van der Waals surface area contributed by atoms with E-state index >= 15 is 0 Å². The number of hydrogen-bond acceptors (Lipinski definition) is 2. The minimum atomic E-state index is -1.34. The molecule has 0 spiro atoms. The predicted molar refractivity (Wildman–Crippen MR) is 48.4 cm³/mol. The van der Waals surface area contributed by atoms with E-state index in [4.69, 9.17) is 5.26 Å². The van der Waals surface area contributed by atoms with Crippen LogP contribution < -0.4 is 5.32 Å². The van der Waals surface area contributed by atoms with E-state index < -0.39 is 41.9 Å². The van der Waals surface area contributed by atoms with Gasteiger partial charge < -0.3 is 5.32 Å². The van der Waals surface area contributed by atoms with Crippen LogP contribution in [0.1, 0.15) is 12.0 Å². The third-order valence-electron chi connectivity index (χ3n) is 1.84. The van der Waals surface area contributed by atoms with Crippen molar-refractivity contribution < 1.29 is 18.0 Å². The van der Waals surface area contributed by atoms with Gasteiger partial charge in [0, 0.05) is 12.1 Å². The summed E-state index contributed by atoms with van der Waals surface area (Å²) in [5, 5.41) is 10.3. The summed E-state index contributed by atoms with van der Waals surface area (Å²) in [6, 6.07) is 3.00. The van der Waals surface area contributed by atoms with Crippen LogP contribution in [0.3, 0.4) is 0 Å². The number of carbonyl (C=O) groups is 1. The molecule has 1 aromatic carbocycles. The van der Waals surface area contributed by atoms with E-state index in [0.717, 1.165) is 6.07 Å². The molecule has 0 fully saturated rings. The number of amides is 1. The topological polar surface area (TPSA) is 52.9 Å². The van der Waals surface area contributed by atoms with Crippen molar-refractivity contribution in [3.05, 3.63) is 35.1 Å². The molecule has 0 heterocycles. The fraction of sp³-hybridized carbons (Fsp3) is 0.200. The SMILES string of the molecule is N#CCC(=O)NCc1c(F)ccc(F)c1F. The standard InChI is InChI=1S/C10H7F3N2O/c11-7-1-2-8(12)10(13)6(7)5-15-9(16)3-4-14/h1-2H,3,5H2,(H,15,16). The number of hydrogen-bond donors (Lipinski definition) is 1. The molecule has 84 valence electrons. The lowest BCUT2D eigenvalue weighted by Gasteiger charge is -2.06. The Morgan fingerprint density at radius 3 is 2.56 bits per heavy atom. The number of nitrogens with zero attached hydrogens (tertiary/aromatic N) is 1. The van der Waals surface area contributed by atoms with E-state index in [2.05, 4.69) is 5.32 Å². The minimum absolute atomic E-state index is 0.418. The molecule has 6 heteroatoms. The molecule has 0 unspecified atom stereocenters. The van der Waals surface area contributed by atoms with Gasteiger partial charge in [-0.3, -0.25) is 4.79 Å². The molecule has 1 aromatic rings. The zero-order chi connectivity index (χ0) is 12.1.